The van der Waals surface area contributed by atoms with Crippen molar-refractivity contribution in [2.24, 2.45) is 0 Å². The van der Waals surface area contributed by atoms with Crippen LogP contribution in [0.4, 0.5) is 0 Å². The van der Waals surface area contributed by atoms with Crippen LogP contribution in [0.5, 0.6) is 0 Å². The highest BCUT2D eigenvalue weighted by molar-refractivity contribution is 6.55. The summed E-state index contributed by atoms with van der Waals surface area (Å²) in [4.78, 5) is 0. The molecule has 1 radical (unpaired) electrons. The van der Waals surface area contributed by atoms with Crippen LogP contribution in [0.15, 0.2) is 109 Å². The number of hydrogen-bond donors (Lipinski definition) is 0. The van der Waals surface area contributed by atoms with Gasteiger partial charge in [0, 0.05) is 5.54 Å². The first-order chi connectivity index (χ1) is 12.9. The molecule has 0 spiro atoms. The molecule has 0 amide bonds. The summed E-state index contributed by atoms with van der Waals surface area (Å²) >= 11 is 0. The van der Waals surface area contributed by atoms with Crippen molar-refractivity contribution >= 4 is 14.7 Å². The maximum absolute atomic E-state index is 3.08. The minimum Gasteiger partial charge on any atom is -0.0659 e. The SMILES string of the molecule is [c]1ccc(-c2ccc([SiH2]C(c3ccccc3)c3ccccc3)cc2)cc1. The summed E-state index contributed by atoms with van der Waals surface area (Å²) < 4.78 is 0. The minimum absolute atomic E-state index is 0.496. The van der Waals surface area contributed by atoms with E-state index in [1.165, 1.54) is 27.4 Å². The lowest BCUT2D eigenvalue weighted by atomic mass is 10.0. The van der Waals surface area contributed by atoms with Gasteiger partial charge in [0.25, 0.3) is 0 Å². The molecule has 4 aromatic rings. The van der Waals surface area contributed by atoms with E-state index < -0.39 is 9.52 Å². The lowest BCUT2D eigenvalue weighted by molar-refractivity contribution is 1.13. The van der Waals surface area contributed by atoms with Crippen molar-refractivity contribution in [2.45, 2.75) is 5.54 Å². The zero-order chi connectivity index (χ0) is 17.6. The van der Waals surface area contributed by atoms with Crippen LogP contribution < -0.4 is 5.19 Å². The van der Waals surface area contributed by atoms with E-state index in [-0.39, 0.29) is 0 Å². The Hall–Kier alpha value is -2.90. The third-order valence-corrected chi connectivity index (χ3v) is 7.14. The average molecular weight is 350 g/mol. The highest BCUT2D eigenvalue weighted by Crippen LogP contribution is 2.24. The number of hydrogen-bond acceptors (Lipinski definition) is 0. The molecular weight excluding hydrogens is 328 g/mol. The van der Waals surface area contributed by atoms with E-state index in [1.54, 1.807) is 0 Å². The van der Waals surface area contributed by atoms with Gasteiger partial charge in [0.05, 0.1) is 9.52 Å². The fourth-order valence-electron chi connectivity index (χ4n) is 3.45. The van der Waals surface area contributed by atoms with Crippen molar-refractivity contribution in [1.82, 2.24) is 0 Å². The van der Waals surface area contributed by atoms with Gasteiger partial charge in [-0.25, -0.2) is 0 Å². The van der Waals surface area contributed by atoms with E-state index >= 15 is 0 Å². The Labute approximate surface area is 158 Å². The summed E-state index contributed by atoms with van der Waals surface area (Å²) in [5.41, 5.74) is 5.88. The lowest BCUT2D eigenvalue weighted by Crippen LogP contribution is -2.22. The van der Waals surface area contributed by atoms with Gasteiger partial charge in [0.1, 0.15) is 0 Å². The molecule has 4 rings (SSSR count). The lowest BCUT2D eigenvalue weighted by Gasteiger charge is -2.18. The van der Waals surface area contributed by atoms with Gasteiger partial charge in [-0.3, -0.25) is 0 Å². The molecule has 0 saturated carbocycles. The second-order valence-corrected chi connectivity index (χ2v) is 8.60. The van der Waals surface area contributed by atoms with E-state index in [9.17, 15) is 0 Å². The standard InChI is InChI=1S/C25H21Si/c1-4-10-20(11-5-1)21-16-18-24(19-17-21)26-25(22-12-6-2-7-13-22)23-14-8-3-9-15-23/h2-19,25H,26H2. The third-order valence-electron chi connectivity index (χ3n) is 4.85. The van der Waals surface area contributed by atoms with Gasteiger partial charge >= 0.3 is 0 Å². The van der Waals surface area contributed by atoms with Crippen LogP contribution in [0.1, 0.15) is 16.7 Å². The predicted octanol–water partition coefficient (Wildman–Crippen LogP) is 4.74. The van der Waals surface area contributed by atoms with Gasteiger partial charge in [0.15, 0.2) is 0 Å². The Morgan fingerprint density at radius 3 is 1.58 bits per heavy atom. The van der Waals surface area contributed by atoms with Crippen molar-refractivity contribution in [1.29, 1.82) is 0 Å². The first-order valence-corrected chi connectivity index (χ1v) is 10.6. The topological polar surface area (TPSA) is 0 Å². The molecule has 0 aromatic heterocycles. The van der Waals surface area contributed by atoms with E-state index in [4.69, 9.17) is 0 Å². The number of benzene rings is 4. The Balaban J connectivity index is 1.62. The molecule has 0 aliphatic heterocycles. The largest absolute Gasteiger partial charge is 0.0679 e. The van der Waals surface area contributed by atoms with Crippen molar-refractivity contribution < 1.29 is 0 Å². The molecular formula is C25H21Si. The summed E-state index contributed by atoms with van der Waals surface area (Å²) in [6.07, 6.45) is 0. The summed E-state index contributed by atoms with van der Waals surface area (Å²) in [6, 6.07) is 42.2. The van der Waals surface area contributed by atoms with Crippen LogP contribution in [-0.4, -0.2) is 9.52 Å². The highest BCUT2D eigenvalue weighted by Gasteiger charge is 2.15. The van der Waals surface area contributed by atoms with Gasteiger partial charge in [0.2, 0.25) is 0 Å². The zero-order valence-corrected chi connectivity index (χ0v) is 16.1. The van der Waals surface area contributed by atoms with Crippen LogP contribution in [0, 0.1) is 6.07 Å². The van der Waals surface area contributed by atoms with Gasteiger partial charge in [-0.05, 0) is 28.3 Å². The molecule has 0 bridgehead atoms. The first-order valence-electron chi connectivity index (χ1n) is 9.05. The third kappa shape index (κ3) is 3.84. The van der Waals surface area contributed by atoms with Crippen LogP contribution >= 0.6 is 0 Å². The Bertz CT molecular complexity index is 890. The molecule has 0 heterocycles. The van der Waals surface area contributed by atoms with Crippen LogP contribution in [0.2, 0.25) is 0 Å². The minimum atomic E-state index is -0.496. The van der Waals surface area contributed by atoms with Crippen molar-refractivity contribution in [3.05, 3.63) is 126 Å². The van der Waals surface area contributed by atoms with E-state index in [2.05, 4.69) is 103 Å². The highest BCUT2D eigenvalue weighted by atomic mass is 28.2. The molecule has 0 aliphatic rings. The predicted molar refractivity (Wildman–Crippen MR) is 114 cm³/mol. The van der Waals surface area contributed by atoms with Crippen LogP contribution in [-0.2, 0) is 0 Å². The monoisotopic (exact) mass is 349 g/mol. The normalized spacial score (nSPS) is 11.3. The maximum atomic E-state index is 3.08. The molecule has 0 unspecified atom stereocenters. The average Bonchev–Trinajstić information content (AvgIpc) is 2.74. The zero-order valence-electron chi connectivity index (χ0n) is 14.7. The summed E-state index contributed by atoms with van der Waals surface area (Å²) in [5.74, 6) is 0. The van der Waals surface area contributed by atoms with E-state index in [0.29, 0.717) is 5.54 Å². The van der Waals surface area contributed by atoms with Gasteiger partial charge in [-0.1, -0.05) is 114 Å². The summed E-state index contributed by atoms with van der Waals surface area (Å²) in [5, 5.41) is 1.49. The maximum Gasteiger partial charge on any atom is 0.0679 e. The Morgan fingerprint density at radius 1 is 0.538 bits per heavy atom. The molecule has 125 valence electrons. The van der Waals surface area contributed by atoms with E-state index in [1.807, 2.05) is 12.1 Å². The summed E-state index contributed by atoms with van der Waals surface area (Å²) in [6.45, 7) is 0. The molecule has 26 heavy (non-hydrogen) atoms. The van der Waals surface area contributed by atoms with Gasteiger partial charge in [-0.2, -0.15) is 0 Å². The molecule has 0 aliphatic carbocycles. The fourth-order valence-corrected chi connectivity index (χ4v) is 5.44. The molecule has 0 fully saturated rings. The smallest absolute Gasteiger partial charge is 0.0659 e. The summed E-state index contributed by atoms with van der Waals surface area (Å²) in [7, 11) is -0.496. The van der Waals surface area contributed by atoms with E-state index in [0.717, 1.165) is 0 Å². The molecule has 0 nitrogen and oxygen atoms in total. The van der Waals surface area contributed by atoms with Crippen molar-refractivity contribution in [3.8, 4) is 11.1 Å². The van der Waals surface area contributed by atoms with Crippen LogP contribution in [0.3, 0.4) is 0 Å². The van der Waals surface area contributed by atoms with Crippen molar-refractivity contribution in [3.63, 3.8) is 0 Å². The molecule has 4 aromatic carbocycles. The quantitative estimate of drug-likeness (QED) is 0.457. The Kier molecular flexibility index (Phi) is 5.09. The molecule has 0 saturated heterocycles. The fraction of sp³-hybridized carbons (Fsp3) is 0.0400. The Morgan fingerprint density at radius 2 is 1.04 bits per heavy atom. The number of rotatable bonds is 5. The van der Waals surface area contributed by atoms with Gasteiger partial charge < -0.3 is 0 Å². The second kappa shape index (κ2) is 7.98. The molecule has 0 N–H and O–H groups in total. The molecule has 0 atom stereocenters. The van der Waals surface area contributed by atoms with Crippen molar-refractivity contribution in [2.75, 3.05) is 0 Å². The second-order valence-electron chi connectivity index (χ2n) is 6.56. The van der Waals surface area contributed by atoms with Crippen LogP contribution in [0.25, 0.3) is 11.1 Å². The van der Waals surface area contributed by atoms with Gasteiger partial charge in [-0.15, -0.1) is 0 Å². The molecule has 1 heteroatoms. The first kappa shape index (κ1) is 16.6.